The zero-order valence-corrected chi connectivity index (χ0v) is 18.4. The number of anilines is 1. The van der Waals surface area contributed by atoms with E-state index in [4.69, 9.17) is 0 Å². The van der Waals surface area contributed by atoms with Crippen molar-refractivity contribution in [3.8, 4) is 0 Å². The van der Waals surface area contributed by atoms with Crippen LogP contribution in [0.2, 0.25) is 0 Å². The Morgan fingerprint density at radius 2 is 1.93 bits per heavy atom. The number of aromatic nitrogens is 3. The fourth-order valence-corrected chi connectivity index (χ4v) is 3.12. The molecule has 0 atom stereocenters. The van der Waals surface area contributed by atoms with Gasteiger partial charge in [0.2, 0.25) is 0 Å². The van der Waals surface area contributed by atoms with E-state index in [1.165, 1.54) is 12.1 Å². The predicted molar refractivity (Wildman–Crippen MR) is 116 cm³/mol. The number of guanidine groups is 1. The van der Waals surface area contributed by atoms with Crippen molar-refractivity contribution < 1.29 is 8.78 Å². The molecule has 1 saturated heterocycles. The van der Waals surface area contributed by atoms with E-state index in [-0.39, 0.29) is 24.0 Å². The summed E-state index contributed by atoms with van der Waals surface area (Å²) in [5.41, 5.74) is 0.313. The largest absolute Gasteiger partial charge is 0.366 e. The molecule has 154 valence electrons. The van der Waals surface area contributed by atoms with Crippen molar-refractivity contribution in [2.45, 2.75) is 26.9 Å². The minimum absolute atomic E-state index is 0. The van der Waals surface area contributed by atoms with Crippen LogP contribution in [0.3, 0.4) is 0 Å². The lowest BCUT2D eigenvalue weighted by Gasteiger charge is -2.37. The minimum atomic E-state index is -0.427. The van der Waals surface area contributed by atoms with E-state index in [0.29, 0.717) is 38.4 Å². The van der Waals surface area contributed by atoms with Crippen LogP contribution in [0.5, 0.6) is 0 Å². The van der Waals surface area contributed by atoms with Gasteiger partial charge in [0.25, 0.3) is 0 Å². The van der Waals surface area contributed by atoms with E-state index in [9.17, 15) is 8.78 Å². The van der Waals surface area contributed by atoms with Crippen molar-refractivity contribution >= 4 is 35.6 Å². The van der Waals surface area contributed by atoms with Crippen LogP contribution in [0.25, 0.3) is 0 Å². The van der Waals surface area contributed by atoms with Crippen molar-refractivity contribution in [2.24, 2.45) is 4.99 Å². The number of piperazine rings is 1. The first kappa shape index (κ1) is 22.3. The van der Waals surface area contributed by atoms with Crippen LogP contribution < -0.4 is 10.2 Å². The molecule has 1 aliphatic heterocycles. The molecule has 1 aromatic carbocycles. The SMILES string of the molecule is CCNC(=NCc1nncn1CC)N1CCN(c2cc(F)ccc2F)CC1.I. The Morgan fingerprint density at radius 3 is 2.61 bits per heavy atom. The molecular formula is C18H26F2IN7. The molecule has 0 amide bonds. The summed E-state index contributed by atoms with van der Waals surface area (Å²) in [4.78, 5) is 8.67. The summed E-state index contributed by atoms with van der Waals surface area (Å²) >= 11 is 0. The summed E-state index contributed by atoms with van der Waals surface area (Å²) < 4.78 is 29.4. The van der Waals surface area contributed by atoms with Gasteiger partial charge < -0.3 is 19.7 Å². The number of aryl methyl sites for hydroxylation is 1. The van der Waals surface area contributed by atoms with Gasteiger partial charge in [-0.1, -0.05) is 0 Å². The van der Waals surface area contributed by atoms with Crippen molar-refractivity contribution in [3.63, 3.8) is 0 Å². The van der Waals surface area contributed by atoms with Crippen LogP contribution in [-0.4, -0.2) is 58.3 Å². The van der Waals surface area contributed by atoms with E-state index < -0.39 is 11.6 Å². The maximum Gasteiger partial charge on any atom is 0.194 e. The second-order valence-corrected chi connectivity index (χ2v) is 6.27. The van der Waals surface area contributed by atoms with Crippen LogP contribution in [0.1, 0.15) is 19.7 Å². The second-order valence-electron chi connectivity index (χ2n) is 6.27. The molecule has 1 aromatic heterocycles. The molecule has 2 heterocycles. The number of hydrogen-bond acceptors (Lipinski definition) is 4. The summed E-state index contributed by atoms with van der Waals surface area (Å²) in [5, 5.41) is 11.3. The minimum Gasteiger partial charge on any atom is -0.366 e. The highest BCUT2D eigenvalue weighted by molar-refractivity contribution is 14.0. The lowest BCUT2D eigenvalue weighted by Crippen LogP contribution is -2.52. The molecular weight excluding hydrogens is 479 g/mol. The summed E-state index contributed by atoms with van der Waals surface area (Å²) in [6, 6.07) is 3.56. The van der Waals surface area contributed by atoms with Gasteiger partial charge in [-0.2, -0.15) is 0 Å². The van der Waals surface area contributed by atoms with Crippen molar-refractivity contribution in [1.29, 1.82) is 0 Å². The van der Waals surface area contributed by atoms with Crippen LogP contribution in [-0.2, 0) is 13.1 Å². The molecule has 2 aromatic rings. The van der Waals surface area contributed by atoms with Crippen molar-refractivity contribution in [2.75, 3.05) is 37.6 Å². The maximum atomic E-state index is 14.0. The lowest BCUT2D eigenvalue weighted by atomic mass is 10.2. The van der Waals surface area contributed by atoms with E-state index in [2.05, 4.69) is 25.4 Å². The van der Waals surface area contributed by atoms with Crippen molar-refractivity contribution in [1.82, 2.24) is 25.0 Å². The lowest BCUT2D eigenvalue weighted by molar-refractivity contribution is 0.370. The van der Waals surface area contributed by atoms with Gasteiger partial charge in [-0.3, -0.25) is 0 Å². The summed E-state index contributed by atoms with van der Waals surface area (Å²) in [6.07, 6.45) is 1.70. The number of benzene rings is 1. The molecule has 0 radical (unpaired) electrons. The van der Waals surface area contributed by atoms with Crippen LogP contribution >= 0.6 is 24.0 Å². The Labute approximate surface area is 180 Å². The first-order valence-electron chi connectivity index (χ1n) is 9.22. The smallest absolute Gasteiger partial charge is 0.194 e. The molecule has 3 rings (SSSR count). The standard InChI is InChI=1S/C18H25F2N7.HI/c1-3-21-18(22-12-17-24-23-13-25(17)4-2)27-9-7-26(8-10-27)16-11-14(19)5-6-15(16)20;/h5-6,11,13H,3-4,7-10,12H2,1-2H3,(H,21,22);1H. The molecule has 1 aliphatic rings. The van der Waals surface area contributed by atoms with Gasteiger partial charge in [0, 0.05) is 45.3 Å². The topological polar surface area (TPSA) is 61.6 Å². The Balaban J connectivity index is 0.00000280. The highest BCUT2D eigenvalue weighted by Gasteiger charge is 2.22. The van der Waals surface area contributed by atoms with Crippen LogP contribution in [0.15, 0.2) is 29.5 Å². The maximum absolute atomic E-state index is 14.0. The number of hydrogen-bond donors (Lipinski definition) is 1. The fraction of sp³-hybridized carbons (Fsp3) is 0.500. The van der Waals surface area contributed by atoms with Gasteiger partial charge >= 0.3 is 0 Å². The van der Waals surface area contributed by atoms with Gasteiger partial charge in [-0.15, -0.1) is 34.2 Å². The third kappa shape index (κ3) is 5.30. The molecule has 1 N–H and O–H groups in total. The number of halogens is 3. The molecule has 0 bridgehead atoms. The molecule has 28 heavy (non-hydrogen) atoms. The van der Waals surface area contributed by atoms with Crippen LogP contribution in [0.4, 0.5) is 14.5 Å². The highest BCUT2D eigenvalue weighted by atomic mass is 127. The average molecular weight is 505 g/mol. The third-order valence-corrected chi connectivity index (χ3v) is 4.57. The first-order chi connectivity index (χ1) is 13.1. The third-order valence-electron chi connectivity index (χ3n) is 4.57. The number of aliphatic imine (C=N–C) groups is 1. The van der Waals surface area contributed by atoms with Crippen LogP contribution in [0, 0.1) is 11.6 Å². The monoisotopic (exact) mass is 505 g/mol. The molecule has 1 fully saturated rings. The zero-order valence-electron chi connectivity index (χ0n) is 16.1. The Hall–Kier alpha value is -1.98. The molecule has 0 unspecified atom stereocenters. The van der Waals surface area contributed by atoms with Gasteiger partial charge in [0.1, 0.15) is 24.5 Å². The van der Waals surface area contributed by atoms with E-state index >= 15 is 0 Å². The first-order valence-corrected chi connectivity index (χ1v) is 9.22. The molecule has 0 spiro atoms. The predicted octanol–water partition coefficient (Wildman–Crippen LogP) is 2.48. The zero-order chi connectivity index (χ0) is 19.2. The number of nitrogens with zero attached hydrogens (tertiary/aromatic N) is 6. The summed E-state index contributed by atoms with van der Waals surface area (Å²) in [6.45, 7) is 8.56. The molecule has 0 saturated carbocycles. The number of nitrogens with one attached hydrogen (secondary N) is 1. The Bertz CT molecular complexity index is 788. The summed E-state index contributed by atoms with van der Waals surface area (Å²) in [7, 11) is 0. The molecule has 0 aliphatic carbocycles. The van der Waals surface area contributed by atoms with Crippen molar-refractivity contribution in [3.05, 3.63) is 42.0 Å². The van der Waals surface area contributed by atoms with E-state index in [1.54, 1.807) is 6.33 Å². The van der Waals surface area contributed by atoms with E-state index in [1.807, 2.05) is 23.3 Å². The second kappa shape index (κ2) is 10.5. The van der Waals surface area contributed by atoms with Gasteiger partial charge in [0.05, 0.1) is 5.69 Å². The quantitative estimate of drug-likeness (QED) is 0.385. The highest BCUT2D eigenvalue weighted by Crippen LogP contribution is 2.22. The fourth-order valence-electron chi connectivity index (χ4n) is 3.12. The van der Waals surface area contributed by atoms with Gasteiger partial charge in [0.15, 0.2) is 11.8 Å². The van der Waals surface area contributed by atoms with Gasteiger partial charge in [-0.25, -0.2) is 13.8 Å². The summed E-state index contributed by atoms with van der Waals surface area (Å²) in [5.74, 6) is 0.781. The molecule has 10 heteroatoms. The number of rotatable bonds is 5. The van der Waals surface area contributed by atoms with E-state index in [0.717, 1.165) is 30.9 Å². The average Bonchev–Trinajstić information content (AvgIpc) is 3.15. The normalized spacial score (nSPS) is 14.8. The Morgan fingerprint density at radius 1 is 1.18 bits per heavy atom. The Kier molecular flexibility index (Phi) is 8.39. The van der Waals surface area contributed by atoms with Gasteiger partial charge in [-0.05, 0) is 26.0 Å². The molecule has 7 nitrogen and oxygen atoms in total.